The van der Waals surface area contributed by atoms with E-state index in [0.29, 0.717) is 11.8 Å². The van der Waals surface area contributed by atoms with Gasteiger partial charge < -0.3 is 15.3 Å². The third-order valence-electron chi connectivity index (χ3n) is 3.82. The molecular formula is C15H22N2O2. The van der Waals surface area contributed by atoms with Crippen molar-refractivity contribution in [3.63, 3.8) is 0 Å². The number of piperidine rings is 1. The lowest BCUT2D eigenvalue weighted by Gasteiger charge is -2.33. The van der Waals surface area contributed by atoms with Crippen LogP contribution < -0.4 is 5.32 Å². The maximum Gasteiger partial charge on any atom is 0.219 e. The van der Waals surface area contributed by atoms with Gasteiger partial charge in [-0.1, -0.05) is 12.1 Å². The normalized spacial score (nSPS) is 18.3. The summed E-state index contributed by atoms with van der Waals surface area (Å²) < 4.78 is 0. The Bertz CT molecular complexity index is 422. The van der Waals surface area contributed by atoms with Gasteiger partial charge in [0, 0.05) is 32.1 Å². The number of hydrogen-bond acceptors (Lipinski definition) is 3. The second-order valence-corrected chi connectivity index (χ2v) is 5.26. The summed E-state index contributed by atoms with van der Waals surface area (Å²) in [5.74, 6) is 0.468. The van der Waals surface area contributed by atoms with Crippen molar-refractivity contribution in [2.75, 3.05) is 13.1 Å². The summed E-state index contributed by atoms with van der Waals surface area (Å²) in [7, 11) is 0. The summed E-state index contributed by atoms with van der Waals surface area (Å²) in [5.41, 5.74) is 1.17. The lowest BCUT2D eigenvalue weighted by atomic mass is 10.0. The molecule has 0 spiro atoms. The van der Waals surface area contributed by atoms with E-state index in [1.807, 2.05) is 17.0 Å². The SMILES string of the molecule is CC(=O)N1CCC(NC(C)c2ccc(O)cc2)CC1. The number of nitrogens with one attached hydrogen (secondary N) is 1. The van der Waals surface area contributed by atoms with Crippen LogP contribution in [0.5, 0.6) is 5.75 Å². The van der Waals surface area contributed by atoms with E-state index in [2.05, 4.69) is 12.2 Å². The zero-order chi connectivity index (χ0) is 13.8. The average Bonchev–Trinajstić information content (AvgIpc) is 2.40. The van der Waals surface area contributed by atoms with Crippen LogP contribution in [-0.2, 0) is 4.79 Å². The first-order chi connectivity index (χ1) is 9.06. The number of rotatable bonds is 3. The Morgan fingerprint density at radius 3 is 2.42 bits per heavy atom. The second-order valence-electron chi connectivity index (χ2n) is 5.26. The average molecular weight is 262 g/mol. The molecule has 2 rings (SSSR count). The van der Waals surface area contributed by atoms with Crippen molar-refractivity contribution in [1.29, 1.82) is 0 Å². The van der Waals surface area contributed by atoms with Crippen LogP contribution in [0.3, 0.4) is 0 Å². The zero-order valence-corrected chi connectivity index (χ0v) is 11.6. The van der Waals surface area contributed by atoms with E-state index in [9.17, 15) is 9.90 Å². The lowest BCUT2D eigenvalue weighted by molar-refractivity contribution is -0.129. The molecular weight excluding hydrogens is 240 g/mol. The first-order valence-electron chi connectivity index (χ1n) is 6.87. The highest BCUT2D eigenvalue weighted by Crippen LogP contribution is 2.19. The highest BCUT2D eigenvalue weighted by atomic mass is 16.3. The van der Waals surface area contributed by atoms with Gasteiger partial charge in [0.15, 0.2) is 0 Å². The molecule has 4 heteroatoms. The van der Waals surface area contributed by atoms with E-state index in [1.165, 1.54) is 5.56 Å². The minimum Gasteiger partial charge on any atom is -0.508 e. The Morgan fingerprint density at radius 2 is 1.89 bits per heavy atom. The summed E-state index contributed by atoms with van der Waals surface area (Å²) >= 11 is 0. The monoisotopic (exact) mass is 262 g/mol. The van der Waals surface area contributed by atoms with Crippen LogP contribution in [0.15, 0.2) is 24.3 Å². The maximum absolute atomic E-state index is 11.3. The first-order valence-corrected chi connectivity index (χ1v) is 6.87. The molecule has 1 aromatic carbocycles. The molecule has 1 fully saturated rings. The molecule has 1 heterocycles. The molecule has 0 bridgehead atoms. The molecule has 1 aliphatic heterocycles. The molecule has 19 heavy (non-hydrogen) atoms. The smallest absolute Gasteiger partial charge is 0.219 e. The standard InChI is InChI=1S/C15H22N2O2/c1-11(13-3-5-15(19)6-4-13)16-14-7-9-17(10-8-14)12(2)18/h3-6,11,14,16,19H,7-10H2,1-2H3. The molecule has 0 aromatic heterocycles. The van der Waals surface area contributed by atoms with E-state index < -0.39 is 0 Å². The number of phenolic OH excluding ortho intramolecular Hbond substituents is 1. The zero-order valence-electron chi connectivity index (χ0n) is 11.6. The van der Waals surface area contributed by atoms with Gasteiger partial charge in [0.25, 0.3) is 0 Å². The van der Waals surface area contributed by atoms with Crippen molar-refractivity contribution in [3.05, 3.63) is 29.8 Å². The molecule has 1 aromatic rings. The summed E-state index contributed by atoms with van der Waals surface area (Å²) in [5, 5.41) is 12.9. The van der Waals surface area contributed by atoms with Gasteiger partial charge >= 0.3 is 0 Å². The first kappa shape index (κ1) is 13.9. The lowest BCUT2D eigenvalue weighted by Crippen LogP contribution is -2.44. The summed E-state index contributed by atoms with van der Waals surface area (Å²) in [6.45, 7) is 5.45. The second kappa shape index (κ2) is 6.06. The predicted molar refractivity (Wildman–Crippen MR) is 74.9 cm³/mol. The van der Waals surface area contributed by atoms with Gasteiger partial charge in [-0.05, 0) is 37.5 Å². The van der Waals surface area contributed by atoms with Gasteiger partial charge in [-0.2, -0.15) is 0 Å². The third kappa shape index (κ3) is 3.70. The van der Waals surface area contributed by atoms with Gasteiger partial charge in [-0.25, -0.2) is 0 Å². The largest absolute Gasteiger partial charge is 0.508 e. The summed E-state index contributed by atoms with van der Waals surface area (Å²) in [6, 6.07) is 8.03. The number of amides is 1. The predicted octanol–water partition coefficient (Wildman–Crippen LogP) is 2.05. The van der Waals surface area contributed by atoms with Crippen LogP contribution in [0, 0.1) is 0 Å². The van der Waals surface area contributed by atoms with Crippen molar-refractivity contribution < 1.29 is 9.90 Å². The molecule has 1 atom stereocenters. The van der Waals surface area contributed by atoms with Crippen molar-refractivity contribution in [3.8, 4) is 5.75 Å². The number of benzene rings is 1. The molecule has 1 amide bonds. The van der Waals surface area contributed by atoms with Gasteiger partial charge in [-0.15, -0.1) is 0 Å². The molecule has 1 unspecified atom stereocenters. The molecule has 0 saturated carbocycles. The number of carbonyl (C=O) groups is 1. The van der Waals surface area contributed by atoms with Crippen LogP contribution in [-0.4, -0.2) is 35.0 Å². The third-order valence-corrected chi connectivity index (χ3v) is 3.82. The van der Waals surface area contributed by atoms with E-state index in [1.54, 1.807) is 19.1 Å². The Kier molecular flexibility index (Phi) is 4.43. The van der Waals surface area contributed by atoms with Gasteiger partial charge in [0.2, 0.25) is 5.91 Å². The van der Waals surface area contributed by atoms with Gasteiger partial charge in [-0.3, -0.25) is 4.79 Å². The van der Waals surface area contributed by atoms with Crippen LogP contribution >= 0.6 is 0 Å². The minimum atomic E-state index is 0.171. The van der Waals surface area contributed by atoms with E-state index in [0.717, 1.165) is 25.9 Å². The quantitative estimate of drug-likeness (QED) is 0.876. The number of hydrogen-bond donors (Lipinski definition) is 2. The molecule has 104 valence electrons. The summed E-state index contributed by atoms with van der Waals surface area (Å²) in [6.07, 6.45) is 2.00. The van der Waals surface area contributed by atoms with Crippen molar-refractivity contribution in [1.82, 2.24) is 10.2 Å². The van der Waals surface area contributed by atoms with Gasteiger partial charge in [0.1, 0.15) is 5.75 Å². The number of nitrogens with zero attached hydrogens (tertiary/aromatic N) is 1. The van der Waals surface area contributed by atoms with Crippen LogP contribution in [0.4, 0.5) is 0 Å². The van der Waals surface area contributed by atoms with E-state index >= 15 is 0 Å². The fourth-order valence-electron chi connectivity index (χ4n) is 2.57. The van der Waals surface area contributed by atoms with Gasteiger partial charge in [0.05, 0.1) is 0 Å². The molecule has 4 nitrogen and oxygen atoms in total. The molecule has 0 aliphatic carbocycles. The fraction of sp³-hybridized carbons (Fsp3) is 0.533. The molecule has 1 saturated heterocycles. The number of aromatic hydroxyl groups is 1. The van der Waals surface area contributed by atoms with E-state index in [-0.39, 0.29) is 11.9 Å². The Balaban J connectivity index is 1.85. The maximum atomic E-state index is 11.3. The minimum absolute atomic E-state index is 0.171. The van der Waals surface area contributed by atoms with E-state index in [4.69, 9.17) is 0 Å². The molecule has 1 aliphatic rings. The fourth-order valence-corrected chi connectivity index (χ4v) is 2.57. The number of phenols is 1. The Morgan fingerprint density at radius 1 is 1.32 bits per heavy atom. The van der Waals surface area contributed by atoms with Crippen molar-refractivity contribution >= 4 is 5.91 Å². The highest BCUT2D eigenvalue weighted by molar-refractivity contribution is 5.73. The van der Waals surface area contributed by atoms with Crippen molar-refractivity contribution in [2.24, 2.45) is 0 Å². The Labute approximate surface area is 114 Å². The number of likely N-dealkylation sites (tertiary alicyclic amines) is 1. The van der Waals surface area contributed by atoms with Crippen LogP contribution in [0.25, 0.3) is 0 Å². The van der Waals surface area contributed by atoms with Crippen LogP contribution in [0.1, 0.15) is 38.3 Å². The van der Waals surface area contributed by atoms with Crippen LogP contribution in [0.2, 0.25) is 0 Å². The van der Waals surface area contributed by atoms with Crippen molar-refractivity contribution in [2.45, 2.75) is 38.8 Å². The Hall–Kier alpha value is -1.55. The highest BCUT2D eigenvalue weighted by Gasteiger charge is 2.21. The molecule has 2 N–H and O–H groups in total. The summed E-state index contributed by atoms with van der Waals surface area (Å²) in [4.78, 5) is 13.2. The molecule has 0 radical (unpaired) electrons. The topological polar surface area (TPSA) is 52.6 Å². The number of carbonyl (C=O) groups excluding carboxylic acids is 1.